The molecule has 32 heavy (non-hydrogen) atoms. The van der Waals surface area contributed by atoms with Crippen molar-refractivity contribution in [1.29, 1.82) is 0 Å². The number of carbonyl (C=O) groups is 2. The molecule has 2 aromatic carbocycles. The van der Waals surface area contributed by atoms with E-state index in [2.05, 4.69) is 15.6 Å². The quantitative estimate of drug-likeness (QED) is 0.403. The third-order valence-corrected chi connectivity index (χ3v) is 6.05. The van der Waals surface area contributed by atoms with Gasteiger partial charge in [0, 0.05) is 6.04 Å². The Balaban J connectivity index is 1.37. The number of amides is 2. The lowest BCUT2D eigenvalue weighted by atomic mass is 10.2. The molecule has 0 spiro atoms. The molecule has 0 unspecified atom stereocenters. The monoisotopic (exact) mass is 452 g/mol. The van der Waals surface area contributed by atoms with Gasteiger partial charge < -0.3 is 15.4 Å². The average molecular weight is 453 g/mol. The van der Waals surface area contributed by atoms with E-state index in [1.807, 2.05) is 25.1 Å². The van der Waals surface area contributed by atoms with Crippen LogP contribution in [0.4, 0.5) is 5.69 Å². The fraction of sp³-hybridized carbons (Fsp3) is 0.304. The minimum absolute atomic E-state index is 0.0541. The van der Waals surface area contributed by atoms with Gasteiger partial charge in [-0.25, -0.2) is 4.98 Å². The van der Waals surface area contributed by atoms with Gasteiger partial charge in [0.2, 0.25) is 11.8 Å². The molecule has 2 N–H and O–H groups in total. The SMILES string of the molecule is COc1ccc(C)cc1NC(=O)CNC(=O)CSc1nc2ccccc2c(=O)n1C1CC1. The summed E-state index contributed by atoms with van der Waals surface area (Å²) in [6.07, 6.45) is 1.87. The number of aromatic nitrogens is 2. The van der Waals surface area contributed by atoms with Gasteiger partial charge in [-0.3, -0.25) is 19.0 Å². The van der Waals surface area contributed by atoms with Crippen molar-refractivity contribution in [2.45, 2.75) is 31.0 Å². The number of anilines is 1. The molecule has 0 aliphatic heterocycles. The Kier molecular flexibility index (Phi) is 6.45. The summed E-state index contributed by atoms with van der Waals surface area (Å²) in [7, 11) is 1.53. The smallest absolute Gasteiger partial charge is 0.262 e. The summed E-state index contributed by atoms with van der Waals surface area (Å²) < 4.78 is 6.94. The molecule has 1 aliphatic carbocycles. The molecule has 0 atom stereocenters. The Bertz CT molecular complexity index is 1240. The van der Waals surface area contributed by atoms with Crippen LogP contribution in [0.3, 0.4) is 0 Å². The molecular weight excluding hydrogens is 428 g/mol. The number of para-hydroxylation sites is 1. The van der Waals surface area contributed by atoms with Crippen LogP contribution in [0.5, 0.6) is 5.75 Å². The first-order valence-electron chi connectivity index (χ1n) is 10.3. The maximum absolute atomic E-state index is 12.9. The van der Waals surface area contributed by atoms with Gasteiger partial charge in [0.15, 0.2) is 5.16 Å². The van der Waals surface area contributed by atoms with Gasteiger partial charge in [0.1, 0.15) is 5.75 Å². The number of ether oxygens (including phenoxy) is 1. The number of fused-ring (bicyclic) bond motifs is 1. The van der Waals surface area contributed by atoms with Crippen molar-refractivity contribution in [3.8, 4) is 5.75 Å². The van der Waals surface area contributed by atoms with Crippen LogP contribution in [0.25, 0.3) is 10.9 Å². The van der Waals surface area contributed by atoms with Gasteiger partial charge in [-0.15, -0.1) is 0 Å². The summed E-state index contributed by atoms with van der Waals surface area (Å²) in [5.41, 5.74) is 2.07. The number of rotatable bonds is 8. The Labute approximate surface area is 189 Å². The molecule has 2 amide bonds. The zero-order valence-corrected chi connectivity index (χ0v) is 18.7. The van der Waals surface area contributed by atoms with Crippen LogP contribution in [0, 0.1) is 6.92 Å². The number of nitrogens with one attached hydrogen (secondary N) is 2. The molecule has 1 heterocycles. The van der Waals surface area contributed by atoms with E-state index in [4.69, 9.17) is 4.74 Å². The van der Waals surface area contributed by atoms with Crippen molar-refractivity contribution in [2.75, 3.05) is 24.7 Å². The van der Waals surface area contributed by atoms with Gasteiger partial charge in [-0.2, -0.15) is 0 Å². The fourth-order valence-electron chi connectivity index (χ4n) is 3.36. The predicted octanol–water partition coefficient (Wildman–Crippen LogP) is 2.90. The molecule has 1 saturated carbocycles. The highest BCUT2D eigenvalue weighted by molar-refractivity contribution is 7.99. The van der Waals surface area contributed by atoms with Crippen molar-refractivity contribution < 1.29 is 14.3 Å². The van der Waals surface area contributed by atoms with Crippen LogP contribution in [0.2, 0.25) is 0 Å². The molecule has 3 aromatic rings. The summed E-state index contributed by atoms with van der Waals surface area (Å²) in [4.78, 5) is 42.1. The van der Waals surface area contributed by atoms with Crippen LogP contribution in [-0.4, -0.2) is 40.8 Å². The van der Waals surface area contributed by atoms with Crippen molar-refractivity contribution in [3.05, 3.63) is 58.4 Å². The third kappa shape index (κ3) is 4.94. The van der Waals surface area contributed by atoms with Crippen LogP contribution < -0.4 is 20.9 Å². The summed E-state index contributed by atoms with van der Waals surface area (Å²) in [5, 5.41) is 6.47. The Morgan fingerprint density at radius 2 is 1.97 bits per heavy atom. The Morgan fingerprint density at radius 1 is 1.19 bits per heavy atom. The number of aryl methyl sites for hydroxylation is 1. The van der Waals surface area contributed by atoms with Crippen molar-refractivity contribution >= 4 is 40.2 Å². The molecule has 9 heteroatoms. The summed E-state index contributed by atoms with van der Waals surface area (Å²) in [5.74, 6) is -0.0678. The van der Waals surface area contributed by atoms with E-state index < -0.39 is 0 Å². The van der Waals surface area contributed by atoms with Gasteiger partial charge in [-0.1, -0.05) is 30.0 Å². The molecule has 0 saturated heterocycles. The molecule has 0 bridgehead atoms. The van der Waals surface area contributed by atoms with E-state index in [1.54, 1.807) is 28.8 Å². The topological polar surface area (TPSA) is 102 Å². The van der Waals surface area contributed by atoms with E-state index in [9.17, 15) is 14.4 Å². The second kappa shape index (κ2) is 9.44. The highest BCUT2D eigenvalue weighted by Gasteiger charge is 2.28. The predicted molar refractivity (Wildman–Crippen MR) is 124 cm³/mol. The molecular formula is C23H24N4O4S. The molecule has 1 aliphatic rings. The first kappa shape index (κ1) is 21.9. The van der Waals surface area contributed by atoms with Gasteiger partial charge >= 0.3 is 0 Å². The Hall–Kier alpha value is -3.33. The van der Waals surface area contributed by atoms with Gasteiger partial charge in [0.05, 0.1) is 36.0 Å². The zero-order chi connectivity index (χ0) is 22.7. The highest BCUT2D eigenvalue weighted by atomic mass is 32.2. The summed E-state index contributed by atoms with van der Waals surface area (Å²) in [6.45, 7) is 1.74. The second-order valence-corrected chi connectivity index (χ2v) is 8.58. The maximum Gasteiger partial charge on any atom is 0.262 e. The highest BCUT2D eigenvalue weighted by Crippen LogP contribution is 2.36. The number of hydrogen-bond acceptors (Lipinski definition) is 6. The average Bonchev–Trinajstić information content (AvgIpc) is 3.61. The van der Waals surface area contributed by atoms with E-state index in [-0.39, 0.29) is 35.7 Å². The lowest BCUT2D eigenvalue weighted by molar-refractivity contribution is -0.122. The van der Waals surface area contributed by atoms with Gasteiger partial charge in [-0.05, 0) is 49.6 Å². The molecule has 1 fully saturated rings. The normalized spacial score (nSPS) is 13.1. The Morgan fingerprint density at radius 3 is 2.72 bits per heavy atom. The number of carbonyl (C=O) groups excluding carboxylic acids is 2. The van der Waals surface area contributed by atoms with E-state index in [0.29, 0.717) is 27.5 Å². The van der Waals surface area contributed by atoms with E-state index in [1.165, 1.54) is 18.9 Å². The number of thioether (sulfide) groups is 1. The molecule has 1 aromatic heterocycles. The first-order chi connectivity index (χ1) is 15.5. The van der Waals surface area contributed by atoms with Gasteiger partial charge in [0.25, 0.3) is 5.56 Å². The standard InChI is InChI=1S/C23H24N4O4S/c1-14-7-10-19(31-2)18(11-14)25-20(28)12-24-21(29)13-32-23-26-17-6-4-3-5-16(17)22(30)27(23)15-8-9-15/h3-7,10-11,15H,8-9,12-13H2,1-2H3,(H,24,29)(H,25,28). The minimum atomic E-state index is -0.356. The molecule has 4 rings (SSSR count). The van der Waals surface area contributed by atoms with E-state index in [0.717, 1.165) is 18.4 Å². The van der Waals surface area contributed by atoms with Crippen LogP contribution >= 0.6 is 11.8 Å². The second-order valence-electron chi connectivity index (χ2n) is 7.64. The number of nitrogens with zero attached hydrogens (tertiary/aromatic N) is 2. The largest absolute Gasteiger partial charge is 0.495 e. The molecule has 8 nitrogen and oxygen atoms in total. The number of methoxy groups -OCH3 is 1. The van der Waals surface area contributed by atoms with Crippen molar-refractivity contribution in [1.82, 2.24) is 14.9 Å². The van der Waals surface area contributed by atoms with E-state index >= 15 is 0 Å². The van der Waals surface area contributed by atoms with Crippen LogP contribution in [0.15, 0.2) is 52.4 Å². The third-order valence-electron chi connectivity index (χ3n) is 5.10. The van der Waals surface area contributed by atoms with Crippen molar-refractivity contribution in [2.24, 2.45) is 0 Å². The van der Waals surface area contributed by atoms with Crippen LogP contribution in [-0.2, 0) is 9.59 Å². The first-order valence-corrected chi connectivity index (χ1v) is 11.3. The van der Waals surface area contributed by atoms with Crippen LogP contribution in [0.1, 0.15) is 24.4 Å². The molecule has 0 radical (unpaired) electrons. The minimum Gasteiger partial charge on any atom is -0.495 e. The number of hydrogen-bond donors (Lipinski definition) is 2. The van der Waals surface area contributed by atoms with Crippen molar-refractivity contribution in [3.63, 3.8) is 0 Å². The zero-order valence-electron chi connectivity index (χ0n) is 17.9. The summed E-state index contributed by atoms with van der Waals surface area (Å²) in [6, 6.07) is 12.8. The fourth-order valence-corrected chi connectivity index (χ4v) is 4.25. The lowest BCUT2D eigenvalue weighted by Crippen LogP contribution is -2.34. The molecule has 166 valence electrons. The lowest BCUT2D eigenvalue weighted by Gasteiger charge is -2.13. The summed E-state index contributed by atoms with van der Waals surface area (Å²) >= 11 is 1.20. The number of benzene rings is 2. The maximum atomic E-state index is 12.9.